The van der Waals surface area contributed by atoms with E-state index in [9.17, 15) is 9.18 Å². The van der Waals surface area contributed by atoms with Gasteiger partial charge in [-0.3, -0.25) is 4.79 Å². The highest BCUT2D eigenvalue weighted by Gasteiger charge is 2.13. The lowest BCUT2D eigenvalue weighted by Gasteiger charge is -2.05. The van der Waals surface area contributed by atoms with Crippen LogP contribution in [0.15, 0.2) is 65.1 Å². The van der Waals surface area contributed by atoms with Gasteiger partial charge in [-0.1, -0.05) is 29.8 Å². The zero-order valence-electron chi connectivity index (χ0n) is 13.1. The lowest BCUT2D eigenvalue weighted by Crippen LogP contribution is -2.12. The Morgan fingerprint density at radius 2 is 1.83 bits per heavy atom. The molecule has 0 unspecified atom stereocenters. The number of hydrogen-bond donors (Lipinski definition) is 1. The van der Waals surface area contributed by atoms with Crippen LogP contribution in [-0.2, 0) is 6.61 Å². The zero-order chi connectivity index (χ0) is 16.9. The predicted molar refractivity (Wildman–Crippen MR) is 88.6 cm³/mol. The number of para-hydroxylation sites is 1. The fraction of sp³-hybridized carbons (Fsp3) is 0.105. The molecule has 0 aliphatic heterocycles. The number of carbonyl (C=O) groups is 1. The normalized spacial score (nSPS) is 10.4. The number of ether oxygens (including phenoxy) is 1. The molecular formula is C19H16FNO3. The Morgan fingerprint density at radius 1 is 1.08 bits per heavy atom. The zero-order valence-corrected chi connectivity index (χ0v) is 13.1. The molecule has 3 aromatic rings. The van der Waals surface area contributed by atoms with Crippen molar-refractivity contribution in [1.29, 1.82) is 0 Å². The summed E-state index contributed by atoms with van der Waals surface area (Å²) in [6, 6.07) is 16.8. The van der Waals surface area contributed by atoms with E-state index in [1.54, 1.807) is 18.2 Å². The second-order valence-corrected chi connectivity index (χ2v) is 5.30. The SMILES string of the molecule is Cc1ccc(OCc2ccc(C(=O)Nc3ccccc3F)o2)cc1. The minimum atomic E-state index is -0.512. The van der Waals surface area contributed by atoms with E-state index in [-0.39, 0.29) is 18.1 Å². The number of amides is 1. The summed E-state index contributed by atoms with van der Waals surface area (Å²) in [6.07, 6.45) is 0. The maximum atomic E-state index is 13.5. The Balaban J connectivity index is 1.61. The van der Waals surface area contributed by atoms with Crippen LogP contribution in [-0.4, -0.2) is 5.91 Å². The Labute approximate surface area is 138 Å². The first-order chi connectivity index (χ1) is 11.6. The lowest BCUT2D eigenvalue weighted by atomic mass is 10.2. The number of benzene rings is 2. The summed E-state index contributed by atoms with van der Waals surface area (Å²) in [6.45, 7) is 2.20. The van der Waals surface area contributed by atoms with Crippen LogP contribution in [0.25, 0.3) is 0 Å². The van der Waals surface area contributed by atoms with Gasteiger partial charge in [-0.05, 0) is 43.3 Å². The summed E-state index contributed by atoms with van der Waals surface area (Å²) in [7, 11) is 0. The first-order valence-corrected chi connectivity index (χ1v) is 7.46. The molecule has 1 heterocycles. The molecule has 24 heavy (non-hydrogen) atoms. The first kappa shape index (κ1) is 15.8. The van der Waals surface area contributed by atoms with Crippen molar-refractivity contribution in [3.8, 4) is 5.75 Å². The van der Waals surface area contributed by atoms with E-state index in [1.165, 1.54) is 18.2 Å². The summed E-state index contributed by atoms with van der Waals surface area (Å²) < 4.78 is 24.6. The third kappa shape index (κ3) is 3.81. The second kappa shape index (κ2) is 7.00. The molecule has 0 spiro atoms. The van der Waals surface area contributed by atoms with Gasteiger partial charge in [0.15, 0.2) is 5.76 Å². The molecular weight excluding hydrogens is 309 g/mol. The number of halogens is 1. The number of anilines is 1. The van der Waals surface area contributed by atoms with E-state index in [2.05, 4.69) is 5.32 Å². The highest BCUT2D eigenvalue weighted by atomic mass is 19.1. The fourth-order valence-electron chi connectivity index (χ4n) is 2.11. The summed E-state index contributed by atoms with van der Waals surface area (Å²) in [5.74, 6) is 0.311. The Bertz CT molecular complexity index is 840. The standard InChI is InChI=1S/C19H16FNO3/c1-13-6-8-14(9-7-13)23-12-15-10-11-18(24-15)19(22)21-17-5-3-2-4-16(17)20/h2-11H,12H2,1H3,(H,21,22). The Hall–Kier alpha value is -3.08. The summed E-state index contributed by atoms with van der Waals surface area (Å²) in [5.41, 5.74) is 1.25. The van der Waals surface area contributed by atoms with Gasteiger partial charge in [-0.2, -0.15) is 0 Å². The Kier molecular flexibility index (Phi) is 4.61. The summed E-state index contributed by atoms with van der Waals surface area (Å²) in [4.78, 5) is 12.1. The average Bonchev–Trinajstić information content (AvgIpc) is 3.06. The van der Waals surface area contributed by atoms with Gasteiger partial charge in [0.05, 0.1) is 5.69 Å². The molecule has 1 aromatic heterocycles. The van der Waals surface area contributed by atoms with Crippen molar-refractivity contribution in [1.82, 2.24) is 0 Å². The molecule has 0 atom stereocenters. The van der Waals surface area contributed by atoms with E-state index in [4.69, 9.17) is 9.15 Å². The van der Waals surface area contributed by atoms with Crippen LogP contribution >= 0.6 is 0 Å². The highest BCUT2D eigenvalue weighted by Crippen LogP contribution is 2.17. The lowest BCUT2D eigenvalue weighted by molar-refractivity contribution is 0.0992. The molecule has 0 saturated carbocycles. The Morgan fingerprint density at radius 3 is 2.58 bits per heavy atom. The topological polar surface area (TPSA) is 51.5 Å². The molecule has 0 aliphatic carbocycles. The van der Waals surface area contributed by atoms with Gasteiger partial charge in [0.25, 0.3) is 5.91 Å². The van der Waals surface area contributed by atoms with Crippen LogP contribution in [0, 0.1) is 12.7 Å². The van der Waals surface area contributed by atoms with Gasteiger partial charge in [-0.25, -0.2) is 4.39 Å². The number of hydrogen-bond acceptors (Lipinski definition) is 3. The van der Waals surface area contributed by atoms with Crippen molar-refractivity contribution in [2.45, 2.75) is 13.5 Å². The van der Waals surface area contributed by atoms with Crippen LogP contribution < -0.4 is 10.1 Å². The van der Waals surface area contributed by atoms with Crippen LogP contribution in [0.2, 0.25) is 0 Å². The maximum Gasteiger partial charge on any atom is 0.291 e. The molecule has 0 fully saturated rings. The van der Waals surface area contributed by atoms with Crippen LogP contribution in [0.4, 0.5) is 10.1 Å². The van der Waals surface area contributed by atoms with E-state index in [0.29, 0.717) is 11.5 Å². The number of furan rings is 1. The molecule has 1 N–H and O–H groups in total. The molecule has 5 heteroatoms. The van der Waals surface area contributed by atoms with Gasteiger partial charge in [0.1, 0.15) is 23.9 Å². The van der Waals surface area contributed by atoms with Crippen LogP contribution in [0.5, 0.6) is 5.75 Å². The molecule has 0 radical (unpaired) electrons. The molecule has 1 amide bonds. The maximum absolute atomic E-state index is 13.5. The number of nitrogens with one attached hydrogen (secondary N) is 1. The van der Waals surface area contributed by atoms with Crippen molar-refractivity contribution >= 4 is 11.6 Å². The summed E-state index contributed by atoms with van der Waals surface area (Å²) >= 11 is 0. The molecule has 2 aromatic carbocycles. The third-order valence-electron chi connectivity index (χ3n) is 3.41. The molecule has 3 rings (SSSR count). The largest absolute Gasteiger partial charge is 0.486 e. The van der Waals surface area contributed by atoms with Crippen molar-refractivity contribution in [2.75, 3.05) is 5.32 Å². The van der Waals surface area contributed by atoms with E-state index in [0.717, 1.165) is 5.56 Å². The fourth-order valence-corrected chi connectivity index (χ4v) is 2.11. The van der Waals surface area contributed by atoms with Gasteiger partial charge < -0.3 is 14.5 Å². The molecule has 4 nitrogen and oxygen atoms in total. The third-order valence-corrected chi connectivity index (χ3v) is 3.41. The number of aryl methyl sites for hydroxylation is 1. The second-order valence-electron chi connectivity index (χ2n) is 5.30. The van der Waals surface area contributed by atoms with Crippen LogP contribution in [0.3, 0.4) is 0 Å². The minimum absolute atomic E-state index is 0.0979. The first-order valence-electron chi connectivity index (χ1n) is 7.46. The van der Waals surface area contributed by atoms with Gasteiger partial charge in [0, 0.05) is 0 Å². The van der Waals surface area contributed by atoms with Crippen molar-refractivity contribution in [3.63, 3.8) is 0 Å². The molecule has 0 bridgehead atoms. The average molecular weight is 325 g/mol. The van der Waals surface area contributed by atoms with E-state index in [1.807, 2.05) is 31.2 Å². The van der Waals surface area contributed by atoms with Gasteiger partial charge >= 0.3 is 0 Å². The molecule has 0 aliphatic rings. The number of rotatable bonds is 5. The predicted octanol–water partition coefficient (Wildman–Crippen LogP) is 4.56. The summed E-state index contributed by atoms with van der Waals surface area (Å²) in [5, 5.41) is 2.47. The monoisotopic (exact) mass is 325 g/mol. The van der Waals surface area contributed by atoms with E-state index >= 15 is 0 Å². The highest BCUT2D eigenvalue weighted by molar-refractivity contribution is 6.02. The van der Waals surface area contributed by atoms with E-state index < -0.39 is 11.7 Å². The molecule has 122 valence electrons. The quantitative estimate of drug-likeness (QED) is 0.748. The van der Waals surface area contributed by atoms with Crippen molar-refractivity contribution < 1.29 is 18.3 Å². The van der Waals surface area contributed by atoms with Gasteiger partial charge in [0.2, 0.25) is 0 Å². The molecule has 0 saturated heterocycles. The van der Waals surface area contributed by atoms with Crippen LogP contribution in [0.1, 0.15) is 21.9 Å². The van der Waals surface area contributed by atoms with Crippen molar-refractivity contribution in [2.24, 2.45) is 0 Å². The van der Waals surface area contributed by atoms with Crippen molar-refractivity contribution in [3.05, 3.63) is 83.6 Å². The minimum Gasteiger partial charge on any atom is -0.486 e. The van der Waals surface area contributed by atoms with Gasteiger partial charge in [-0.15, -0.1) is 0 Å². The smallest absolute Gasteiger partial charge is 0.291 e. The number of carbonyl (C=O) groups excluding carboxylic acids is 1.